The highest BCUT2D eigenvalue weighted by Gasteiger charge is 2.34. The van der Waals surface area contributed by atoms with E-state index >= 15 is 0 Å². The summed E-state index contributed by atoms with van der Waals surface area (Å²) in [6, 6.07) is 16.1. The molecule has 1 N–H and O–H groups in total. The third-order valence-electron chi connectivity index (χ3n) is 5.72. The van der Waals surface area contributed by atoms with Crippen LogP contribution >= 0.6 is 0 Å². The molecule has 0 fully saturated rings. The van der Waals surface area contributed by atoms with Crippen LogP contribution in [0.5, 0.6) is 5.75 Å². The number of aryl methyl sites for hydroxylation is 1. The standard InChI is InChI=1S/C26H35N3O3/c1-4-6-16-28(21-11-8-7-9-12-21)17-10-15-27-25(30)19-29-22-18-20(3)13-14-24(22)32-23(5-2)26(29)31/h7-9,11-14,18,23H,4-6,10,15-17,19H2,1-3H3,(H,27,30)/t23-/m1/s1. The molecule has 172 valence electrons. The highest BCUT2D eigenvalue weighted by molar-refractivity contribution is 6.03. The highest BCUT2D eigenvalue weighted by Crippen LogP contribution is 2.35. The summed E-state index contributed by atoms with van der Waals surface area (Å²) >= 11 is 0. The van der Waals surface area contributed by atoms with E-state index < -0.39 is 6.10 Å². The van der Waals surface area contributed by atoms with Crippen LogP contribution in [0.25, 0.3) is 0 Å². The molecule has 0 saturated heterocycles. The van der Waals surface area contributed by atoms with Crippen molar-refractivity contribution in [2.24, 2.45) is 0 Å². The SMILES string of the molecule is CCCCN(CCCNC(=O)CN1C(=O)[C@@H](CC)Oc2ccc(C)cc21)c1ccccc1. The predicted octanol–water partition coefficient (Wildman–Crippen LogP) is 4.31. The Morgan fingerprint density at radius 1 is 1.09 bits per heavy atom. The molecule has 3 rings (SSSR count). The van der Waals surface area contributed by atoms with E-state index in [1.54, 1.807) is 4.90 Å². The van der Waals surface area contributed by atoms with Crippen LogP contribution < -0.4 is 19.9 Å². The van der Waals surface area contributed by atoms with Crippen molar-refractivity contribution in [3.63, 3.8) is 0 Å². The normalized spacial score (nSPS) is 15.2. The molecule has 1 atom stereocenters. The number of carbonyl (C=O) groups is 2. The maximum absolute atomic E-state index is 12.9. The van der Waals surface area contributed by atoms with Crippen molar-refractivity contribution < 1.29 is 14.3 Å². The average Bonchev–Trinajstić information content (AvgIpc) is 2.81. The van der Waals surface area contributed by atoms with Crippen LogP contribution in [0, 0.1) is 6.92 Å². The molecule has 0 aromatic heterocycles. The third-order valence-corrected chi connectivity index (χ3v) is 5.72. The zero-order valence-electron chi connectivity index (χ0n) is 19.5. The van der Waals surface area contributed by atoms with Gasteiger partial charge in [0, 0.05) is 25.3 Å². The van der Waals surface area contributed by atoms with Crippen molar-refractivity contribution in [1.82, 2.24) is 5.32 Å². The number of anilines is 2. The Morgan fingerprint density at radius 3 is 2.56 bits per heavy atom. The maximum Gasteiger partial charge on any atom is 0.268 e. The zero-order chi connectivity index (χ0) is 22.9. The maximum atomic E-state index is 12.9. The van der Waals surface area contributed by atoms with E-state index in [0.717, 1.165) is 37.9 Å². The van der Waals surface area contributed by atoms with Gasteiger partial charge in [-0.2, -0.15) is 0 Å². The van der Waals surface area contributed by atoms with Gasteiger partial charge in [-0.3, -0.25) is 14.5 Å². The second-order valence-corrected chi connectivity index (χ2v) is 8.29. The van der Waals surface area contributed by atoms with Gasteiger partial charge in [-0.15, -0.1) is 0 Å². The summed E-state index contributed by atoms with van der Waals surface area (Å²) in [6.07, 6.45) is 3.15. The van der Waals surface area contributed by atoms with Crippen LogP contribution in [0.1, 0.15) is 45.1 Å². The van der Waals surface area contributed by atoms with Crippen LogP contribution in [0.4, 0.5) is 11.4 Å². The molecule has 32 heavy (non-hydrogen) atoms. The fourth-order valence-electron chi connectivity index (χ4n) is 3.91. The fourth-order valence-corrected chi connectivity index (χ4v) is 3.91. The summed E-state index contributed by atoms with van der Waals surface area (Å²) in [7, 11) is 0. The van der Waals surface area contributed by atoms with Crippen molar-refractivity contribution >= 4 is 23.2 Å². The Kier molecular flexibility index (Phi) is 8.54. The number of benzene rings is 2. The van der Waals surface area contributed by atoms with Crippen LogP contribution in [0.3, 0.4) is 0 Å². The molecular weight excluding hydrogens is 402 g/mol. The van der Waals surface area contributed by atoms with Gasteiger partial charge >= 0.3 is 0 Å². The second kappa shape index (κ2) is 11.6. The van der Waals surface area contributed by atoms with Gasteiger partial charge in [0.1, 0.15) is 12.3 Å². The molecule has 2 amide bonds. The summed E-state index contributed by atoms with van der Waals surface area (Å²) in [5.74, 6) is 0.349. The van der Waals surface area contributed by atoms with E-state index in [2.05, 4.69) is 41.4 Å². The summed E-state index contributed by atoms with van der Waals surface area (Å²) in [6.45, 7) is 8.53. The predicted molar refractivity (Wildman–Crippen MR) is 129 cm³/mol. The number of ether oxygens (including phenoxy) is 1. The zero-order valence-corrected chi connectivity index (χ0v) is 19.5. The van der Waals surface area contributed by atoms with Crippen molar-refractivity contribution in [3.05, 3.63) is 54.1 Å². The molecule has 6 heteroatoms. The number of hydrogen-bond donors (Lipinski definition) is 1. The van der Waals surface area contributed by atoms with Gasteiger partial charge < -0.3 is 15.0 Å². The number of rotatable bonds is 11. The van der Waals surface area contributed by atoms with Crippen molar-refractivity contribution in [2.75, 3.05) is 36.0 Å². The number of hydrogen-bond acceptors (Lipinski definition) is 4. The quantitative estimate of drug-likeness (QED) is 0.532. The molecule has 1 aliphatic rings. The van der Waals surface area contributed by atoms with E-state index in [0.29, 0.717) is 24.4 Å². The molecule has 0 unspecified atom stereocenters. The lowest BCUT2D eigenvalue weighted by Crippen LogP contribution is -2.49. The summed E-state index contributed by atoms with van der Waals surface area (Å²) < 4.78 is 5.83. The van der Waals surface area contributed by atoms with Crippen molar-refractivity contribution in [1.29, 1.82) is 0 Å². The second-order valence-electron chi connectivity index (χ2n) is 8.29. The molecule has 0 radical (unpaired) electrons. The van der Waals surface area contributed by atoms with Crippen LogP contribution in [-0.4, -0.2) is 44.1 Å². The van der Waals surface area contributed by atoms with Gasteiger partial charge in [0.15, 0.2) is 6.10 Å². The fraction of sp³-hybridized carbons (Fsp3) is 0.462. The molecule has 2 aromatic rings. The summed E-state index contributed by atoms with van der Waals surface area (Å²) in [5, 5.41) is 2.99. The molecule has 0 spiro atoms. The van der Waals surface area contributed by atoms with Gasteiger partial charge in [-0.1, -0.05) is 44.5 Å². The number of fused-ring (bicyclic) bond motifs is 1. The van der Waals surface area contributed by atoms with E-state index in [-0.39, 0.29) is 18.4 Å². The molecular formula is C26H35N3O3. The number of carbonyl (C=O) groups excluding carboxylic acids is 2. The molecule has 2 aromatic carbocycles. The van der Waals surface area contributed by atoms with Gasteiger partial charge in [0.25, 0.3) is 5.91 Å². The van der Waals surface area contributed by atoms with Crippen LogP contribution in [0.15, 0.2) is 48.5 Å². The molecule has 0 bridgehead atoms. The molecule has 0 saturated carbocycles. The number of para-hydroxylation sites is 1. The number of nitrogens with zero attached hydrogens (tertiary/aromatic N) is 2. The number of nitrogens with one attached hydrogen (secondary N) is 1. The van der Waals surface area contributed by atoms with E-state index in [1.165, 1.54) is 5.69 Å². The molecule has 1 aliphatic heterocycles. The highest BCUT2D eigenvalue weighted by atomic mass is 16.5. The Hall–Kier alpha value is -3.02. The molecule has 0 aliphatic carbocycles. The Balaban J connectivity index is 1.55. The van der Waals surface area contributed by atoms with Crippen molar-refractivity contribution in [2.45, 2.75) is 52.6 Å². The molecule has 6 nitrogen and oxygen atoms in total. The van der Waals surface area contributed by atoms with Gasteiger partial charge in [-0.05, 0) is 56.0 Å². The topological polar surface area (TPSA) is 61.9 Å². The monoisotopic (exact) mass is 437 g/mol. The lowest BCUT2D eigenvalue weighted by molar-refractivity contribution is -0.129. The van der Waals surface area contributed by atoms with E-state index in [9.17, 15) is 9.59 Å². The minimum Gasteiger partial charge on any atom is -0.478 e. The average molecular weight is 438 g/mol. The van der Waals surface area contributed by atoms with Gasteiger partial charge in [0.2, 0.25) is 5.91 Å². The lowest BCUT2D eigenvalue weighted by Gasteiger charge is -2.34. The molecule has 1 heterocycles. The first kappa shape index (κ1) is 23.6. The Labute approximate surface area is 191 Å². The number of amides is 2. The van der Waals surface area contributed by atoms with Crippen LogP contribution in [0.2, 0.25) is 0 Å². The summed E-state index contributed by atoms with van der Waals surface area (Å²) in [5.41, 5.74) is 2.90. The van der Waals surface area contributed by atoms with Crippen LogP contribution in [-0.2, 0) is 9.59 Å². The smallest absolute Gasteiger partial charge is 0.268 e. The minimum atomic E-state index is -0.545. The lowest BCUT2D eigenvalue weighted by atomic mass is 10.1. The Morgan fingerprint density at radius 2 is 1.84 bits per heavy atom. The van der Waals surface area contributed by atoms with E-state index in [4.69, 9.17) is 4.74 Å². The van der Waals surface area contributed by atoms with Gasteiger partial charge in [-0.25, -0.2) is 0 Å². The first-order valence-corrected chi connectivity index (χ1v) is 11.7. The third kappa shape index (κ3) is 6.02. The first-order chi connectivity index (χ1) is 15.5. The number of unbranched alkanes of at least 4 members (excludes halogenated alkanes) is 1. The largest absolute Gasteiger partial charge is 0.478 e. The minimum absolute atomic E-state index is 0.00732. The van der Waals surface area contributed by atoms with Gasteiger partial charge in [0.05, 0.1) is 5.69 Å². The van der Waals surface area contributed by atoms with E-state index in [1.807, 2.05) is 38.1 Å². The first-order valence-electron chi connectivity index (χ1n) is 11.7. The Bertz CT molecular complexity index is 900. The van der Waals surface area contributed by atoms with Crippen molar-refractivity contribution in [3.8, 4) is 5.75 Å². The summed E-state index contributed by atoms with van der Waals surface area (Å²) in [4.78, 5) is 29.5.